The van der Waals surface area contributed by atoms with Crippen LogP contribution in [0, 0.1) is 5.82 Å². The molecular weight excluding hydrogens is 497 g/mol. The van der Waals surface area contributed by atoms with Crippen molar-refractivity contribution in [3.63, 3.8) is 0 Å². The van der Waals surface area contributed by atoms with Crippen LogP contribution >= 0.6 is 0 Å². The molecule has 2 aromatic carbocycles. The van der Waals surface area contributed by atoms with E-state index in [9.17, 15) is 30.7 Å². The summed E-state index contributed by atoms with van der Waals surface area (Å²) in [5.41, 5.74) is -4.30. The number of H-pyrrole nitrogens is 1. The Morgan fingerprint density at radius 2 is 1.69 bits per heavy atom. The number of rotatable bonds is 6. The molecule has 6 nitrogen and oxygen atoms in total. The number of nitrogens with zero attached hydrogens (tertiary/aromatic N) is 3. The van der Waals surface area contributed by atoms with Crippen LogP contribution in [0.3, 0.4) is 0 Å². The van der Waals surface area contributed by atoms with Gasteiger partial charge in [0.15, 0.2) is 5.72 Å². The topological polar surface area (TPSA) is 63.3 Å². The summed E-state index contributed by atoms with van der Waals surface area (Å²) in [6.45, 7) is 1.92. The van der Waals surface area contributed by atoms with Crippen LogP contribution in [0.1, 0.15) is 41.1 Å². The molecule has 13 heteroatoms. The molecule has 0 bridgehead atoms. The van der Waals surface area contributed by atoms with E-state index in [0.717, 1.165) is 0 Å². The molecule has 4 rings (SSSR count). The zero-order chi connectivity index (χ0) is 26.1. The van der Waals surface area contributed by atoms with E-state index in [1.165, 1.54) is 37.5 Å². The lowest BCUT2D eigenvalue weighted by Crippen LogP contribution is -2.56. The number of halogens is 7. The fourth-order valence-corrected chi connectivity index (χ4v) is 4.08. The molecule has 1 fully saturated rings. The van der Waals surface area contributed by atoms with Gasteiger partial charge in [-0.3, -0.25) is 10.00 Å². The molecule has 0 unspecified atom stereocenters. The maximum absolute atomic E-state index is 13.7. The van der Waals surface area contributed by atoms with Crippen molar-refractivity contribution in [2.45, 2.75) is 37.7 Å². The van der Waals surface area contributed by atoms with E-state index in [1.807, 2.05) is 0 Å². The summed E-state index contributed by atoms with van der Waals surface area (Å²) < 4.78 is 106. The van der Waals surface area contributed by atoms with E-state index in [1.54, 1.807) is 4.90 Å². The van der Waals surface area contributed by atoms with Crippen molar-refractivity contribution < 1.29 is 40.2 Å². The normalized spacial score (nSPS) is 20.4. The van der Waals surface area contributed by atoms with Crippen LogP contribution < -0.4 is 0 Å². The summed E-state index contributed by atoms with van der Waals surface area (Å²) >= 11 is 0. The van der Waals surface area contributed by atoms with Crippen molar-refractivity contribution in [2.75, 3.05) is 19.8 Å². The molecule has 1 aromatic heterocycles. The summed E-state index contributed by atoms with van der Waals surface area (Å²) in [5, 5.41) is 6.50. The lowest BCUT2D eigenvalue weighted by Gasteiger charge is -2.47. The summed E-state index contributed by atoms with van der Waals surface area (Å²) in [4.78, 5) is 5.85. The number of morpholine rings is 1. The lowest BCUT2D eigenvalue weighted by molar-refractivity contribution is -0.252. The molecule has 2 atom stereocenters. The van der Waals surface area contributed by atoms with Gasteiger partial charge in [0.05, 0.1) is 37.0 Å². The largest absolute Gasteiger partial charge is 0.416 e. The van der Waals surface area contributed by atoms with Gasteiger partial charge in [-0.1, -0.05) is 12.1 Å². The molecule has 3 aromatic rings. The summed E-state index contributed by atoms with van der Waals surface area (Å²) in [6.07, 6.45) is -9.97. The first-order valence-electron chi connectivity index (χ1n) is 10.8. The van der Waals surface area contributed by atoms with E-state index in [-0.39, 0.29) is 37.9 Å². The summed E-state index contributed by atoms with van der Waals surface area (Å²) in [6, 6.07) is 6.53. The summed E-state index contributed by atoms with van der Waals surface area (Å²) in [7, 11) is 0. The Hall–Kier alpha value is -3.03. The van der Waals surface area contributed by atoms with E-state index >= 15 is 0 Å². The van der Waals surface area contributed by atoms with Crippen LogP contribution in [0.4, 0.5) is 30.7 Å². The predicted molar refractivity (Wildman–Crippen MR) is 112 cm³/mol. The van der Waals surface area contributed by atoms with E-state index in [2.05, 4.69) is 15.2 Å². The molecule has 2 heterocycles. The molecule has 194 valence electrons. The molecular formula is C23H21F7N4O2. The Morgan fingerprint density at radius 3 is 2.25 bits per heavy atom. The second-order valence-corrected chi connectivity index (χ2v) is 8.30. The van der Waals surface area contributed by atoms with Crippen molar-refractivity contribution in [3.8, 4) is 0 Å². The minimum atomic E-state index is -5.00. The van der Waals surface area contributed by atoms with Gasteiger partial charge in [-0.05, 0) is 42.8 Å². The van der Waals surface area contributed by atoms with Crippen LogP contribution in [0.5, 0.6) is 0 Å². The number of nitrogens with one attached hydrogen (secondary N) is 1. The van der Waals surface area contributed by atoms with Crippen LogP contribution in [-0.2, 0) is 34.1 Å². The molecule has 1 N–H and O–H groups in total. The number of aromatic amines is 1. The molecule has 1 saturated heterocycles. The van der Waals surface area contributed by atoms with E-state index in [0.29, 0.717) is 23.5 Å². The van der Waals surface area contributed by atoms with Gasteiger partial charge in [0, 0.05) is 12.1 Å². The Balaban J connectivity index is 1.78. The first kappa shape index (κ1) is 26.0. The smallest absolute Gasteiger partial charge is 0.375 e. The Bertz CT molecular complexity index is 1130. The predicted octanol–water partition coefficient (Wildman–Crippen LogP) is 5.44. The minimum Gasteiger partial charge on any atom is -0.375 e. The fraction of sp³-hybridized carbons (Fsp3) is 0.391. The second-order valence-electron chi connectivity index (χ2n) is 8.30. The number of benzene rings is 2. The molecule has 0 radical (unpaired) electrons. The average molecular weight is 518 g/mol. The quantitative estimate of drug-likeness (QED) is 0.440. The maximum atomic E-state index is 13.7. The Morgan fingerprint density at radius 1 is 1.06 bits per heavy atom. The van der Waals surface area contributed by atoms with E-state index < -0.39 is 41.1 Å². The van der Waals surface area contributed by atoms with Crippen LogP contribution in [0.2, 0.25) is 0 Å². The third-order valence-corrected chi connectivity index (χ3v) is 5.87. The van der Waals surface area contributed by atoms with Gasteiger partial charge in [0.25, 0.3) is 0 Å². The Labute approximate surface area is 201 Å². The molecule has 36 heavy (non-hydrogen) atoms. The van der Waals surface area contributed by atoms with E-state index in [4.69, 9.17) is 9.47 Å². The second kappa shape index (κ2) is 9.79. The first-order valence-corrected chi connectivity index (χ1v) is 10.8. The van der Waals surface area contributed by atoms with Gasteiger partial charge in [0.2, 0.25) is 0 Å². The first-order chi connectivity index (χ1) is 16.9. The van der Waals surface area contributed by atoms with Crippen LogP contribution in [0.15, 0.2) is 48.8 Å². The fourth-order valence-electron chi connectivity index (χ4n) is 4.08. The zero-order valence-corrected chi connectivity index (χ0v) is 18.8. The number of hydrogen-bond donors (Lipinski definition) is 1. The molecule has 1 aliphatic heterocycles. The van der Waals surface area contributed by atoms with Crippen LogP contribution in [-0.4, -0.2) is 39.8 Å². The van der Waals surface area contributed by atoms with Gasteiger partial charge < -0.3 is 9.47 Å². The Kier molecular flexibility index (Phi) is 7.08. The van der Waals surface area contributed by atoms with Gasteiger partial charge in [-0.25, -0.2) is 9.37 Å². The summed E-state index contributed by atoms with van der Waals surface area (Å²) in [5.74, 6) is -0.0915. The highest BCUT2D eigenvalue weighted by Crippen LogP contribution is 2.42. The van der Waals surface area contributed by atoms with Gasteiger partial charge in [0.1, 0.15) is 18.0 Å². The number of alkyl halides is 6. The SMILES string of the molecule is C[C@@H](O[C@@]1(c2ccc(F)cc2)COCCN1Cc1ncn[nH]1)c1cc(C(F)(F)F)cc(C(F)(F)F)c1. The molecule has 0 amide bonds. The highest BCUT2D eigenvalue weighted by Gasteiger charge is 2.45. The van der Waals surface area contributed by atoms with Crippen molar-refractivity contribution in [3.05, 3.63) is 82.7 Å². The lowest BCUT2D eigenvalue weighted by atomic mass is 9.97. The highest BCUT2D eigenvalue weighted by atomic mass is 19.4. The zero-order valence-electron chi connectivity index (χ0n) is 18.8. The standard InChI is InChI=1S/C23H21F7N4O2/c1-14(15-8-17(22(25,26)27)10-18(9-15)23(28,29)30)36-21(16-2-4-19(24)5-3-16)12-35-7-6-34(21)11-20-31-13-32-33-20/h2-5,8-10,13-14H,6-7,11-12H2,1H3,(H,31,32,33)/t14-,21-/m1/s1. The number of hydrogen-bond acceptors (Lipinski definition) is 5. The number of ether oxygens (including phenoxy) is 2. The maximum Gasteiger partial charge on any atom is 0.416 e. The van der Waals surface area contributed by atoms with Gasteiger partial charge in [-0.2, -0.15) is 31.4 Å². The third kappa shape index (κ3) is 5.52. The van der Waals surface area contributed by atoms with Crippen molar-refractivity contribution in [1.82, 2.24) is 20.1 Å². The van der Waals surface area contributed by atoms with Crippen molar-refractivity contribution >= 4 is 0 Å². The minimum absolute atomic E-state index is 0.0614. The third-order valence-electron chi connectivity index (χ3n) is 5.87. The number of aromatic nitrogens is 3. The van der Waals surface area contributed by atoms with Crippen molar-refractivity contribution in [2.24, 2.45) is 0 Å². The highest BCUT2D eigenvalue weighted by molar-refractivity contribution is 5.35. The average Bonchev–Trinajstić information content (AvgIpc) is 3.32. The molecule has 0 aliphatic carbocycles. The molecule has 0 spiro atoms. The van der Waals surface area contributed by atoms with Crippen LogP contribution in [0.25, 0.3) is 0 Å². The molecule has 0 saturated carbocycles. The van der Waals surface area contributed by atoms with Gasteiger partial charge in [-0.15, -0.1) is 0 Å². The van der Waals surface area contributed by atoms with Crippen molar-refractivity contribution in [1.29, 1.82) is 0 Å². The molecule has 1 aliphatic rings. The monoisotopic (exact) mass is 518 g/mol. The van der Waals surface area contributed by atoms with Gasteiger partial charge >= 0.3 is 12.4 Å².